The third-order valence-corrected chi connectivity index (χ3v) is 4.68. The molecule has 1 aromatic carbocycles. The number of sulfonamides is 1. The smallest absolute Gasteiger partial charge is 0.321 e. The van der Waals surface area contributed by atoms with Crippen molar-refractivity contribution in [2.24, 2.45) is 5.92 Å². The molecular weight excluding hydrogens is 318 g/mol. The van der Waals surface area contributed by atoms with Crippen LogP contribution < -0.4 is 9.46 Å². The van der Waals surface area contributed by atoms with Gasteiger partial charge in [-0.1, -0.05) is 25.4 Å². The summed E-state index contributed by atoms with van der Waals surface area (Å²) in [6, 6.07) is 2.94. The van der Waals surface area contributed by atoms with Crippen LogP contribution in [-0.4, -0.2) is 32.6 Å². The molecule has 1 atom stereocenters. The zero-order chi connectivity index (χ0) is 16.2. The van der Waals surface area contributed by atoms with Gasteiger partial charge in [0.2, 0.25) is 10.0 Å². The Morgan fingerprint density at radius 2 is 2.05 bits per heavy atom. The Morgan fingerprint density at radius 1 is 1.43 bits per heavy atom. The second kappa shape index (κ2) is 7.11. The number of hydrogen-bond donors (Lipinski definition) is 2. The molecule has 0 aliphatic carbocycles. The summed E-state index contributed by atoms with van der Waals surface area (Å²) in [5.74, 6) is -0.892. The molecule has 118 valence electrons. The highest BCUT2D eigenvalue weighted by Gasteiger charge is 2.27. The molecule has 0 aromatic heterocycles. The Balaban J connectivity index is 3.12. The zero-order valence-electron chi connectivity index (χ0n) is 12.0. The molecule has 8 heteroatoms. The van der Waals surface area contributed by atoms with E-state index in [1.54, 1.807) is 0 Å². The summed E-state index contributed by atoms with van der Waals surface area (Å²) in [6.07, 6.45) is 0.177. The molecule has 0 amide bonds. The minimum absolute atomic E-state index is 0.00279. The van der Waals surface area contributed by atoms with E-state index < -0.39 is 22.0 Å². The molecule has 0 bridgehead atoms. The number of carbonyl (C=O) groups is 1. The lowest BCUT2D eigenvalue weighted by Gasteiger charge is -2.17. The standard InChI is InChI=1S/C13H18ClNO5S/c1-8(2)6-11(13(16)17)15-21(18,19)12-7-9(20-3)4-5-10(12)14/h4-5,7-8,11,15H,6H2,1-3H3,(H,16,17)/t11-/m0/s1. The summed E-state index contributed by atoms with van der Waals surface area (Å²) in [5.41, 5.74) is 0. The zero-order valence-corrected chi connectivity index (χ0v) is 13.5. The van der Waals surface area contributed by atoms with Crippen LogP contribution >= 0.6 is 11.6 Å². The van der Waals surface area contributed by atoms with Gasteiger partial charge in [0, 0.05) is 6.07 Å². The van der Waals surface area contributed by atoms with Gasteiger partial charge in [-0.2, -0.15) is 4.72 Å². The fourth-order valence-corrected chi connectivity index (χ4v) is 3.46. The van der Waals surface area contributed by atoms with Crippen molar-refractivity contribution in [3.8, 4) is 5.75 Å². The van der Waals surface area contributed by atoms with Gasteiger partial charge in [0.1, 0.15) is 16.7 Å². The average molecular weight is 336 g/mol. The van der Waals surface area contributed by atoms with Crippen molar-refractivity contribution in [3.05, 3.63) is 23.2 Å². The maximum atomic E-state index is 12.3. The van der Waals surface area contributed by atoms with Crippen LogP contribution in [0, 0.1) is 5.92 Å². The van der Waals surface area contributed by atoms with Crippen molar-refractivity contribution < 1.29 is 23.1 Å². The number of hydrogen-bond acceptors (Lipinski definition) is 4. The van der Waals surface area contributed by atoms with E-state index in [0.29, 0.717) is 5.75 Å². The Labute approximate surface area is 129 Å². The van der Waals surface area contributed by atoms with Crippen molar-refractivity contribution in [2.75, 3.05) is 7.11 Å². The van der Waals surface area contributed by atoms with Crippen molar-refractivity contribution in [1.29, 1.82) is 0 Å². The van der Waals surface area contributed by atoms with Crippen LogP contribution in [0.5, 0.6) is 5.75 Å². The molecule has 2 N–H and O–H groups in total. The summed E-state index contributed by atoms with van der Waals surface area (Å²) in [4.78, 5) is 11.0. The van der Waals surface area contributed by atoms with E-state index in [2.05, 4.69) is 4.72 Å². The van der Waals surface area contributed by atoms with Crippen LogP contribution in [0.25, 0.3) is 0 Å². The van der Waals surface area contributed by atoms with E-state index >= 15 is 0 Å². The van der Waals surface area contributed by atoms with E-state index in [0.717, 1.165) is 0 Å². The number of methoxy groups -OCH3 is 1. The minimum Gasteiger partial charge on any atom is -0.497 e. The SMILES string of the molecule is COc1ccc(Cl)c(S(=O)(=O)N[C@@H](CC(C)C)C(=O)O)c1. The monoisotopic (exact) mass is 335 g/mol. The molecule has 0 aliphatic rings. The van der Waals surface area contributed by atoms with Gasteiger partial charge in [-0.05, 0) is 24.5 Å². The molecular formula is C13H18ClNO5S. The quantitative estimate of drug-likeness (QED) is 0.796. The lowest BCUT2D eigenvalue weighted by molar-refractivity contribution is -0.139. The Kier molecular flexibility index (Phi) is 6.00. The molecule has 0 radical (unpaired) electrons. The largest absolute Gasteiger partial charge is 0.497 e. The second-order valence-corrected chi connectivity index (χ2v) is 7.03. The number of rotatable bonds is 7. The number of halogens is 1. The van der Waals surface area contributed by atoms with Crippen molar-refractivity contribution in [3.63, 3.8) is 0 Å². The first-order chi connectivity index (χ1) is 9.67. The molecule has 0 unspecified atom stereocenters. The summed E-state index contributed by atoms with van der Waals surface area (Å²) < 4.78 is 31.7. The first-order valence-electron chi connectivity index (χ1n) is 6.26. The molecule has 1 rings (SSSR count). The maximum Gasteiger partial charge on any atom is 0.321 e. The average Bonchev–Trinajstić information content (AvgIpc) is 2.37. The number of carboxylic acids is 1. The van der Waals surface area contributed by atoms with Crippen molar-refractivity contribution >= 4 is 27.6 Å². The van der Waals surface area contributed by atoms with E-state index in [4.69, 9.17) is 21.4 Å². The van der Waals surface area contributed by atoms with Crippen LogP contribution in [0.15, 0.2) is 23.1 Å². The van der Waals surface area contributed by atoms with E-state index in [1.165, 1.54) is 25.3 Å². The number of aliphatic carboxylic acids is 1. The number of carboxylic acid groups (broad SMARTS) is 1. The maximum absolute atomic E-state index is 12.3. The van der Waals surface area contributed by atoms with Gasteiger partial charge in [-0.3, -0.25) is 4.79 Å². The van der Waals surface area contributed by atoms with Crippen LogP contribution in [0.1, 0.15) is 20.3 Å². The van der Waals surface area contributed by atoms with Crippen LogP contribution in [-0.2, 0) is 14.8 Å². The number of benzene rings is 1. The Morgan fingerprint density at radius 3 is 2.52 bits per heavy atom. The number of ether oxygens (including phenoxy) is 1. The molecule has 0 fully saturated rings. The van der Waals surface area contributed by atoms with Gasteiger partial charge in [-0.25, -0.2) is 8.42 Å². The summed E-state index contributed by atoms with van der Waals surface area (Å²) in [6.45, 7) is 3.62. The Hall–Kier alpha value is -1.31. The van der Waals surface area contributed by atoms with Gasteiger partial charge in [-0.15, -0.1) is 0 Å². The third kappa shape index (κ3) is 4.87. The molecule has 0 heterocycles. The van der Waals surface area contributed by atoms with Crippen LogP contribution in [0.2, 0.25) is 5.02 Å². The topological polar surface area (TPSA) is 92.7 Å². The first-order valence-corrected chi connectivity index (χ1v) is 8.12. The third-order valence-electron chi connectivity index (χ3n) is 2.73. The van der Waals surface area contributed by atoms with Gasteiger partial charge < -0.3 is 9.84 Å². The summed E-state index contributed by atoms with van der Waals surface area (Å²) in [7, 11) is -2.66. The van der Waals surface area contributed by atoms with E-state index in [-0.39, 0.29) is 22.3 Å². The molecule has 1 aromatic rings. The second-order valence-electron chi connectivity index (χ2n) is 4.94. The first kappa shape index (κ1) is 17.7. The van der Waals surface area contributed by atoms with Gasteiger partial charge >= 0.3 is 5.97 Å². The highest BCUT2D eigenvalue weighted by molar-refractivity contribution is 7.89. The lowest BCUT2D eigenvalue weighted by Crippen LogP contribution is -2.41. The predicted octanol–water partition coefficient (Wildman–Crippen LogP) is 2.13. The van der Waals surface area contributed by atoms with Gasteiger partial charge in [0.15, 0.2) is 0 Å². The normalized spacial score (nSPS) is 13.2. The highest BCUT2D eigenvalue weighted by atomic mass is 35.5. The summed E-state index contributed by atoms with van der Waals surface area (Å²) in [5, 5.41) is 9.12. The predicted molar refractivity (Wildman–Crippen MR) is 79.2 cm³/mol. The molecule has 6 nitrogen and oxygen atoms in total. The minimum atomic E-state index is -4.06. The van der Waals surface area contributed by atoms with Crippen molar-refractivity contribution in [2.45, 2.75) is 31.2 Å². The van der Waals surface area contributed by atoms with Gasteiger partial charge in [0.05, 0.1) is 12.1 Å². The lowest BCUT2D eigenvalue weighted by atomic mass is 10.1. The molecule has 0 saturated carbocycles. The highest BCUT2D eigenvalue weighted by Crippen LogP contribution is 2.26. The van der Waals surface area contributed by atoms with E-state index in [9.17, 15) is 13.2 Å². The fraction of sp³-hybridized carbons (Fsp3) is 0.462. The van der Waals surface area contributed by atoms with E-state index in [1.807, 2.05) is 13.8 Å². The molecule has 21 heavy (non-hydrogen) atoms. The van der Waals surface area contributed by atoms with Crippen LogP contribution in [0.3, 0.4) is 0 Å². The summed E-state index contributed by atoms with van der Waals surface area (Å²) >= 11 is 5.88. The van der Waals surface area contributed by atoms with Crippen molar-refractivity contribution in [1.82, 2.24) is 4.72 Å². The van der Waals surface area contributed by atoms with Crippen LogP contribution in [0.4, 0.5) is 0 Å². The fourth-order valence-electron chi connectivity index (χ4n) is 1.74. The molecule has 0 spiro atoms. The molecule has 0 aliphatic heterocycles. The molecule has 0 saturated heterocycles. The van der Waals surface area contributed by atoms with Gasteiger partial charge in [0.25, 0.3) is 0 Å². The number of nitrogens with one attached hydrogen (secondary N) is 1. The Bertz CT molecular complexity index is 615.